The maximum absolute atomic E-state index is 13.2. The van der Waals surface area contributed by atoms with Crippen molar-refractivity contribution in [2.24, 2.45) is 0 Å². The van der Waals surface area contributed by atoms with Gasteiger partial charge in [-0.1, -0.05) is 12.1 Å². The van der Waals surface area contributed by atoms with Crippen molar-refractivity contribution in [1.82, 2.24) is 14.5 Å². The first-order chi connectivity index (χ1) is 16.4. The molecule has 0 aliphatic carbocycles. The largest absolute Gasteiger partial charge is 0.508 e. The molecular weight excluding hydrogens is 434 g/mol. The number of aromatic nitrogens is 2. The predicted octanol–water partition coefficient (Wildman–Crippen LogP) is 3.42. The SMILES string of the molecule is CC1Cc2cc(/C(O)=C3\C(=O)C(=O)N(CCCn4ccnc4)C3c3ccc(O)cc3)ccc2O1. The first kappa shape index (κ1) is 21.8. The summed E-state index contributed by atoms with van der Waals surface area (Å²) in [7, 11) is 0. The van der Waals surface area contributed by atoms with Crippen LogP contribution < -0.4 is 4.74 Å². The molecule has 8 heteroatoms. The second-order valence-electron chi connectivity index (χ2n) is 8.69. The zero-order valence-corrected chi connectivity index (χ0v) is 18.7. The molecule has 0 radical (unpaired) electrons. The molecule has 2 aromatic carbocycles. The Balaban J connectivity index is 1.52. The van der Waals surface area contributed by atoms with Crippen LogP contribution in [-0.4, -0.2) is 49.0 Å². The minimum atomic E-state index is -0.758. The van der Waals surface area contributed by atoms with Crippen molar-refractivity contribution >= 4 is 17.4 Å². The standard InChI is InChI=1S/C26H25N3O5/c1-16-13-19-14-18(5-8-21(19)34-16)24(31)22-23(17-3-6-20(30)7-4-17)29(26(33)25(22)32)11-2-10-28-12-9-27-15-28/h3-9,12,14-16,23,30-31H,2,10-11,13H2,1H3/b24-22+. The van der Waals surface area contributed by atoms with E-state index in [9.17, 15) is 19.8 Å². The fraction of sp³-hybridized carbons (Fsp3) is 0.269. The Labute approximate surface area is 196 Å². The molecule has 2 unspecified atom stereocenters. The average Bonchev–Trinajstić information content (AvgIpc) is 3.53. The Hall–Kier alpha value is -4.07. The van der Waals surface area contributed by atoms with Gasteiger partial charge in [-0.3, -0.25) is 9.59 Å². The van der Waals surface area contributed by atoms with Gasteiger partial charge in [-0.05, 0) is 54.8 Å². The molecule has 0 saturated carbocycles. The Morgan fingerprint density at radius 2 is 1.94 bits per heavy atom. The molecule has 5 rings (SSSR count). The van der Waals surface area contributed by atoms with Crippen molar-refractivity contribution in [2.45, 2.75) is 38.5 Å². The van der Waals surface area contributed by atoms with Crippen LogP contribution in [0.1, 0.15) is 36.1 Å². The van der Waals surface area contributed by atoms with Crippen LogP contribution in [-0.2, 0) is 22.6 Å². The number of hydrogen-bond acceptors (Lipinski definition) is 6. The highest BCUT2D eigenvalue weighted by Crippen LogP contribution is 2.41. The van der Waals surface area contributed by atoms with Gasteiger partial charge in [-0.25, -0.2) is 4.98 Å². The molecule has 2 aliphatic heterocycles. The summed E-state index contributed by atoms with van der Waals surface area (Å²) in [5, 5.41) is 21.0. The third-order valence-corrected chi connectivity index (χ3v) is 6.29. The summed E-state index contributed by atoms with van der Waals surface area (Å²) in [5.41, 5.74) is 2.11. The number of nitrogens with zero attached hydrogens (tertiary/aromatic N) is 3. The summed E-state index contributed by atoms with van der Waals surface area (Å²) in [6, 6.07) is 10.9. The van der Waals surface area contributed by atoms with Gasteiger partial charge in [0, 0.05) is 37.5 Å². The lowest BCUT2D eigenvalue weighted by molar-refractivity contribution is -0.139. The minimum Gasteiger partial charge on any atom is -0.508 e. The molecule has 8 nitrogen and oxygen atoms in total. The summed E-state index contributed by atoms with van der Waals surface area (Å²) < 4.78 is 7.64. The highest BCUT2D eigenvalue weighted by Gasteiger charge is 2.45. The number of phenols is 1. The quantitative estimate of drug-likeness (QED) is 0.333. The second-order valence-corrected chi connectivity index (χ2v) is 8.69. The first-order valence-electron chi connectivity index (χ1n) is 11.3. The number of aromatic hydroxyl groups is 1. The Morgan fingerprint density at radius 1 is 1.15 bits per heavy atom. The van der Waals surface area contributed by atoms with E-state index >= 15 is 0 Å². The van der Waals surface area contributed by atoms with E-state index < -0.39 is 17.7 Å². The summed E-state index contributed by atoms with van der Waals surface area (Å²) in [5.74, 6) is -0.741. The molecule has 0 spiro atoms. The number of imidazole rings is 1. The Morgan fingerprint density at radius 3 is 2.68 bits per heavy atom. The molecule has 0 bridgehead atoms. The molecule has 34 heavy (non-hydrogen) atoms. The topological polar surface area (TPSA) is 105 Å². The molecule has 1 aromatic heterocycles. The molecule has 2 aliphatic rings. The van der Waals surface area contributed by atoms with E-state index in [1.807, 2.05) is 23.8 Å². The van der Waals surface area contributed by atoms with Crippen molar-refractivity contribution in [1.29, 1.82) is 0 Å². The van der Waals surface area contributed by atoms with Gasteiger partial charge in [0.05, 0.1) is 17.9 Å². The third kappa shape index (κ3) is 3.91. The van der Waals surface area contributed by atoms with E-state index in [1.165, 1.54) is 17.0 Å². The highest BCUT2D eigenvalue weighted by atomic mass is 16.5. The maximum Gasteiger partial charge on any atom is 0.295 e. The molecule has 3 heterocycles. The molecule has 2 N–H and O–H groups in total. The maximum atomic E-state index is 13.2. The van der Waals surface area contributed by atoms with E-state index in [2.05, 4.69) is 4.98 Å². The van der Waals surface area contributed by atoms with Gasteiger partial charge in [0.25, 0.3) is 11.7 Å². The van der Waals surface area contributed by atoms with Crippen molar-refractivity contribution in [3.63, 3.8) is 0 Å². The third-order valence-electron chi connectivity index (χ3n) is 6.29. The number of likely N-dealkylation sites (tertiary alicyclic amines) is 1. The summed E-state index contributed by atoms with van der Waals surface area (Å²) in [4.78, 5) is 31.7. The van der Waals surface area contributed by atoms with Crippen LogP contribution in [0, 0.1) is 0 Å². The highest BCUT2D eigenvalue weighted by molar-refractivity contribution is 6.46. The number of fused-ring (bicyclic) bond motifs is 1. The minimum absolute atomic E-state index is 0.0465. The van der Waals surface area contributed by atoms with Crippen LogP contribution in [0.15, 0.2) is 66.8 Å². The zero-order chi connectivity index (χ0) is 23.8. The number of aliphatic hydroxyl groups excluding tert-OH is 1. The number of ketones is 1. The molecule has 1 amide bonds. The molecule has 3 aromatic rings. The number of Topliss-reactive ketones (excluding diaryl/α,β-unsaturated/α-hetero) is 1. The Bertz CT molecular complexity index is 1260. The van der Waals surface area contributed by atoms with Crippen LogP contribution in [0.25, 0.3) is 5.76 Å². The zero-order valence-electron chi connectivity index (χ0n) is 18.7. The van der Waals surface area contributed by atoms with Gasteiger partial charge in [0.15, 0.2) is 0 Å². The predicted molar refractivity (Wildman–Crippen MR) is 124 cm³/mol. The lowest BCUT2D eigenvalue weighted by Gasteiger charge is -2.25. The van der Waals surface area contributed by atoms with Gasteiger partial charge < -0.3 is 24.4 Å². The summed E-state index contributed by atoms with van der Waals surface area (Å²) >= 11 is 0. The molecule has 1 saturated heterocycles. The number of amides is 1. The van der Waals surface area contributed by atoms with Crippen molar-refractivity contribution in [2.75, 3.05) is 6.54 Å². The van der Waals surface area contributed by atoms with Crippen molar-refractivity contribution < 1.29 is 24.5 Å². The average molecular weight is 460 g/mol. The van der Waals surface area contributed by atoms with E-state index in [4.69, 9.17) is 4.74 Å². The summed E-state index contributed by atoms with van der Waals surface area (Å²) in [6.45, 7) is 2.93. The van der Waals surface area contributed by atoms with Gasteiger partial charge in [0.1, 0.15) is 23.4 Å². The number of benzene rings is 2. The number of rotatable bonds is 6. The molecular formula is C26H25N3O5. The number of carbonyl (C=O) groups excluding carboxylic acids is 2. The number of hydrogen-bond donors (Lipinski definition) is 2. The van der Waals surface area contributed by atoms with Gasteiger partial charge in [-0.2, -0.15) is 0 Å². The molecule has 1 fully saturated rings. The number of carbonyl (C=O) groups is 2. The lowest BCUT2D eigenvalue weighted by Crippen LogP contribution is -2.31. The smallest absolute Gasteiger partial charge is 0.295 e. The van der Waals surface area contributed by atoms with Crippen molar-refractivity contribution in [3.8, 4) is 11.5 Å². The van der Waals surface area contributed by atoms with Crippen LogP contribution in [0.2, 0.25) is 0 Å². The lowest BCUT2D eigenvalue weighted by atomic mass is 9.94. The second kappa shape index (κ2) is 8.70. The number of phenolic OH excluding ortho intramolecular Hbond substituents is 1. The van der Waals surface area contributed by atoms with Crippen LogP contribution in [0.4, 0.5) is 0 Å². The van der Waals surface area contributed by atoms with Crippen LogP contribution in [0.3, 0.4) is 0 Å². The van der Waals surface area contributed by atoms with Gasteiger partial charge >= 0.3 is 0 Å². The Kier molecular flexibility index (Phi) is 5.57. The summed E-state index contributed by atoms with van der Waals surface area (Å²) in [6.07, 6.45) is 6.58. The number of aliphatic hydroxyl groups is 1. The van der Waals surface area contributed by atoms with E-state index in [0.29, 0.717) is 37.1 Å². The van der Waals surface area contributed by atoms with Crippen LogP contribution >= 0.6 is 0 Å². The first-order valence-corrected chi connectivity index (χ1v) is 11.3. The van der Waals surface area contributed by atoms with E-state index in [0.717, 1.165) is 11.3 Å². The van der Waals surface area contributed by atoms with E-state index in [-0.39, 0.29) is 23.2 Å². The van der Waals surface area contributed by atoms with Gasteiger partial charge in [0.2, 0.25) is 0 Å². The molecule has 2 atom stereocenters. The van der Waals surface area contributed by atoms with E-state index in [1.54, 1.807) is 36.8 Å². The van der Waals surface area contributed by atoms with Gasteiger partial charge in [-0.15, -0.1) is 0 Å². The normalized spacial score (nSPS) is 21.0. The van der Waals surface area contributed by atoms with Crippen molar-refractivity contribution in [3.05, 3.63) is 83.4 Å². The fourth-order valence-electron chi connectivity index (χ4n) is 4.68. The fourth-order valence-corrected chi connectivity index (χ4v) is 4.68. The van der Waals surface area contributed by atoms with Crippen LogP contribution in [0.5, 0.6) is 11.5 Å². The molecule has 174 valence electrons. The number of ether oxygens (including phenoxy) is 1. The monoisotopic (exact) mass is 459 g/mol. The number of aryl methyl sites for hydroxylation is 1.